The van der Waals surface area contributed by atoms with Crippen LogP contribution < -0.4 is 5.56 Å². The van der Waals surface area contributed by atoms with Crippen molar-refractivity contribution in [2.24, 2.45) is 0 Å². The molecule has 0 aliphatic heterocycles. The number of nitrogens with zero attached hydrogens (tertiary/aromatic N) is 1. The molecule has 2 heterocycles. The fourth-order valence-electron chi connectivity index (χ4n) is 1.67. The molecular weight excluding hydrogens is 166 g/mol. The van der Waals surface area contributed by atoms with Crippen LogP contribution in [-0.4, -0.2) is 15.2 Å². The summed E-state index contributed by atoms with van der Waals surface area (Å²) in [5, 5.41) is 7.78. The van der Waals surface area contributed by atoms with Gasteiger partial charge < -0.3 is 4.98 Å². The highest BCUT2D eigenvalue weighted by Gasteiger charge is 2.28. The molecule has 2 aromatic rings. The number of aromatic nitrogens is 3. The van der Waals surface area contributed by atoms with E-state index in [4.69, 9.17) is 0 Å². The molecule has 0 unspecified atom stereocenters. The predicted octanol–water partition coefficient (Wildman–Crippen LogP) is 1.13. The zero-order chi connectivity index (χ0) is 8.84. The molecule has 2 N–H and O–H groups in total. The fourth-order valence-corrected chi connectivity index (χ4v) is 1.67. The Morgan fingerprint density at radius 1 is 1.46 bits per heavy atom. The van der Waals surface area contributed by atoms with Crippen LogP contribution in [-0.2, 0) is 0 Å². The van der Waals surface area contributed by atoms with E-state index >= 15 is 0 Å². The second-order valence-corrected chi connectivity index (χ2v) is 3.48. The second kappa shape index (κ2) is 2.22. The van der Waals surface area contributed by atoms with E-state index < -0.39 is 0 Å². The van der Waals surface area contributed by atoms with Crippen LogP contribution in [0.5, 0.6) is 0 Å². The molecule has 0 aromatic carbocycles. The van der Waals surface area contributed by atoms with E-state index in [1.807, 2.05) is 6.07 Å². The summed E-state index contributed by atoms with van der Waals surface area (Å²) in [4.78, 5) is 14.1. The number of pyridine rings is 1. The minimum atomic E-state index is -0.0341. The van der Waals surface area contributed by atoms with E-state index in [0.717, 1.165) is 16.6 Å². The summed E-state index contributed by atoms with van der Waals surface area (Å²) < 4.78 is 0. The Balaban J connectivity index is 2.41. The Kier molecular flexibility index (Phi) is 1.17. The van der Waals surface area contributed by atoms with Gasteiger partial charge in [0.2, 0.25) is 0 Å². The molecule has 2 aromatic heterocycles. The lowest BCUT2D eigenvalue weighted by Crippen LogP contribution is -2.04. The Morgan fingerprint density at radius 3 is 3.08 bits per heavy atom. The minimum Gasteiger partial charge on any atom is -0.328 e. The van der Waals surface area contributed by atoms with Crippen LogP contribution in [0.2, 0.25) is 0 Å². The Labute approximate surface area is 74.0 Å². The van der Waals surface area contributed by atoms with E-state index in [2.05, 4.69) is 15.2 Å². The molecule has 1 fully saturated rings. The number of rotatable bonds is 1. The van der Waals surface area contributed by atoms with Crippen LogP contribution in [0.25, 0.3) is 10.9 Å². The van der Waals surface area contributed by atoms with Crippen molar-refractivity contribution in [3.63, 3.8) is 0 Å². The van der Waals surface area contributed by atoms with Crippen molar-refractivity contribution in [1.82, 2.24) is 15.2 Å². The second-order valence-electron chi connectivity index (χ2n) is 3.48. The average molecular weight is 175 g/mol. The third kappa shape index (κ3) is 0.915. The van der Waals surface area contributed by atoms with Crippen molar-refractivity contribution in [2.45, 2.75) is 18.8 Å². The SMILES string of the molecule is O=c1[nH]ccc2n[nH]c(C3CC3)c12. The first kappa shape index (κ1) is 6.88. The van der Waals surface area contributed by atoms with E-state index in [0.29, 0.717) is 5.92 Å². The third-order valence-electron chi connectivity index (χ3n) is 2.49. The summed E-state index contributed by atoms with van der Waals surface area (Å²) in [6.45, 7) is 0. The van der Waals surface area contributed by atoms with Crippen molar-refractivity contribution in [3.8, 4) is 0 Å². The predicted molar refractivity (Wildman–Crippen MR) is 48.7 cm³/mol. The molecule has 1 saturated carbocycles. The van der Waals surface area contributed by atoms with Gasteiger partial charge in [0.15, 0.2) is 0 Å². The van der Waals surface area contributed by atoms with Crippen LogP contribution in [0.4, 0.5) is 0 Å². The van der Waals surface area contributed by atoms with Gasteiger partial charge in [0.05, 0.1) is 16.6 Å². The summed E-state index contributed by atoms with van der Waals surface area (Å²) >= 11 is 0. The highest BCUT2D eigenvalue weighted by Crippen LogP contribution is 2.40. The van der Waals surface area contributed by atoms with Crippen molar-refractivity contribution in [3.05, 3.63) is 28.3 Å². The first-order valence-corrected chi connectivity index (χ1v) is 4.42. The molecule has 13 heavy (non-hydrogen) atoms. The number of nitrogens with one attached hydrogen (secondary N) is 2. The van der Waals surface area contributed by atoms with Gasteiger partial charge in [0.1, 0.15) is 0 Å². The summed E-state index contributed by atoms with van der Waals surface area (Å²) in [5.41, 5.74) is 1.75. The topological polar surface area (TPSA) is 61.5 Å². The lowest BCUT2D eigenvalue weighted by Gasteiger charge is -1.90. The zero-order valence-corrected chi connectivity index (χ0v) is 7.00. The van der Waals surface area contributed by atoms with Crippen molar-refractivity contribution in [1.29, 1.82) is 0 Å². The van der Waals surface area contributed by atoms with E-state index in [9.17, 15) is 4.79 Å². The molecule has 0 bridgehead atoms. The molecule has 4 heteroatoms. The summed E-state index contributed by atoms with van der Waals surface area (Å²) in [5.74, 6) is 0.536. The number of hydrogen-bond donors (Lipinski definition) is 2. The van der Waals surface area contributed by atoms with Crippen LogP contribution >= 0.6 is 0 Å². The molecule has 0 saturated heterocycles. The van der Waals surface area contributed by atoms with Gasteiger partial charge in [-0.25, -0.2) is 0 Å². The first-order valence-electron chi connectivity index (χ1n) is 4.42. The normalized spacial score (nSPS) is 16.6. The van der Waals surface area contributed by atoms with Crippen molar-refractivity contribution < 1.29 is 0 Å². The molecule has 0 amide bonds. The zero-order valence-electron chi connectivity index (χ0n) is 7.00. The highest BCUT2D eigenvalue weighted by molar-refractivity contribution is 5.80. The maximum absolute atomic E-state index is 11.5. The monoisotopic (exact) mass is 175 g/mol. The Bertz CT molecular complexity index is 507. The fraction of sp³-hybridized carbons (Fsp3) is 0.333. The lowest BCUT2D eigenvalue weighted by molar-refractivity contribution is 0.977. The third-order valence-corrected chi connectivity index (χ3v) is 2.49. The average Bonchev–Trinajstić information content (AvgIpc) is 2.87. The largest absolute Gasteiger partial charge is 0.328 e. The summed E-state index contributed by atoms with van der Waals surface area (Å²) in [7, 11) is 0. The van der Waals surface area contributed by atoms with Gasteiger partial charge in [-0.15, -0.1) is 0 Å². The summed E-state index contributed by atoms with van der Waals surface area (Å²) in [6.07, 6.45) is 3.97. The molecular formula is C9H9N3O. The van der Waals surface area contributed by atoms with Gasteiger partial charge >= 0.3 is 0 Å². The minimum absolute atomic E-state index is 0.0341. The molecule has 4 nitrogen and oxygen atoms in total. The molecule has 0 radical (unpaired) electrons. The highest BCUT2D eigenvalue weighted by atomic mass is 16.1. The molecule has 66 valence electrons. The van der Waals surface area contributed by atoms with Gasteiger partial charge in [-0.1, -0.05) is 0 Å². The molecule has 3 rings (SSSR count). The maximum Gasteiger partial charge on any atom is 0.259 e. The number of fused-ring (bicyclic) bond motifs is 1. The van der Waals surface area contributed by atoms with Crippen molar-refractivity contribution in [2.75, 3.05) is 0 Å². The quantitative estimate of drug-likeness (QED) is 0.682. The smallest absolute Gasteiger partial charge is 0.259 e. The number of hydrogen-bond acceptors (Lipinski definition) is 2. The standard InChI is InChI=1S/C9H9N3O/c13-9-7-6(3-4-10-9)11-12-8(7)5-1-2-5/h3-5H,1-2H2,(H,10,13)(H,11,12). The molecule has 1 aliphatic carbocycles. The van der Waals surface area contributed by atoms with E-state index in [1.54, 1.807) is 6.20 Å². The van der Waals surface area contributed by atoms with Crippen molar-refractivity contribution >= 4 is 10.9 Å². The van der Waals surface area contributed by atoms with Gasteiger partial charge in [-0.05, 0) is 18.9 Å². The Morgan fingerprint density at radius 2 is 2.31 bits per heavy atom. The van der Waals surface area contributed by atoms with Gasteiger partial charge in [0.25, 0.3) is 5.56 Å². The van der Waals surface area contributed by atoms with Gasteiger partial charge in [-0.3, -0.25) is 9.89 Å². The van der Waals surface area contributed by atoms with Gasteiger partial charge in [0, 0.05) is 12.1 Å². The van der Waals surface area contributed by atoms with E-state index in [-0.39, 0.29) is 5.56 Å². The molecule has 0 spiro atoms. The molecule has 1 aliphatic rings. The molecule has 0 atom stereocenters. The lowest BCUT2D eigenvalue weighted by atomic mass is 10.2. The van der Waals surface area contributed by atoms with Crippen LogP contribution in [0.3, 0.4) is 0 Å². The summed E-state index contributed by atoms with van der Waals surface area (Å²) in [6, 6.07) is 1.82. The Hall–Kier alpha value is -1.58. The number of H-pyrrole nitrogens is 2. The van der Waals surface area contributed by atoms with Gasteiger partial charge in [-0.2, -0.15) is 5.10 Å². The maximum atomic E-state index is 11.5. The van der Waals surface area contributed by atoms with Crippen LogP contribution in [0.1, 0.15) is 24.5 Å². The van der Waals surface area contributed by atoms with Crippen LogP contribution in [0.15, 0.2) is 17.1 Å². The van der Waals surface area contributed by atoms with Crippen LogP contribution in [0, 0.1) is 0 Å². The van der Waals surface area contributed by atoms with E-state index in [1.165, 1.54) is 12.8 Å². The first-order chi connectivity index (χ1) is 6.36. The number of aromatic amines is 2.